The van der Waals surface area contributed by atoms with E-state index >= 15 is 0 Å². The van der Waals surface area contributed by atoms with Crippen molar-refractivity contribution in [2.45, 2.75) is 43.2 Å². The first-order chi connectivity index (χ1) is 13.0. The molecule has 0 bridgehead atoms. The molecule has 0 radical (unpaired) electrons. The molecule has 6 nitrogen and oxygen atoms in total. The number of halogens is 3. The molecule has 0 unspecified atom stereocenters. The topological polar surface area (TPSA) is 86.7 Å². The van der Waals surface area contributed by atoms with Gasteiger partial charge in [0.15, 0.2) is 0 Å². The summed E-state index contributed by atoms with van der Waals surface area (Å²) in [5.74, 6) is -1.64. The third-order valence-corrected chi connectivity index (χ3v) is 6.46. The lowest BCUT2D eigenvalue weighted by Crippen LogP contribution is -2.55. The van der Waals surface area contributed by atoms with Crippen LogP contribution in [0.1, 0.15) is 36.8 Å². The first-order valence-corrected chi connectivity index (χ1v) is 9.99. The fourth-order valence-corrected chi connectivity index (χ4v) is 4.44. The predicted molar refractivity (Wildman–Crippen MR) is 89.9 cm³/mol. The van der Waals surface area contributed by atoms with E-state index in [1.807, 2.05) is 4.90 Å². The molecule has 1 fully saturated rings. The molecule has 0 N–H and O–H groups in total. The van der Waals surface area contributed by atoms with Gasteiger partial charge in [-0.2, -0.15) is 21.6 Å². The SMILES string of the molecule is O=C([O-])C1=CN2C(=CC1)c1ccc(OS(=O)(=O)C(F)(F)F)cc1CC21CCC1. The number of aliphatic carboxylic acids is 1. The number of carbonyl (C=O) groups excluding carboxylic acids is 1. The first kappa shape index (κ1) is 18.9. The number of carbonyl (C=O) groups is 1. The van der Waals surface area contributed by atoms with Gasteiger partial charge in [0, 0.05) is 23.0 Å². The molecule has 0 atom stereocenters. The number of alkyl halides is 3. The molecule has 1 aromatic rings. The molecule has 3 aliphatic rings. The molecule has 0 aromatic heterocycles. The average molecular weight is 414 g/mol. The van der Waals surface area contributed by atoms with Crippen molar-refractivity contribution >= 4 is 21.8 Å². The number of benzene rings is 1. The largest absolute Gasteiger partial charge is 0.545 e. The summed E-state index contributed by atoms with van der Waals surface area (Å²) in [5.41, 5.74) is -3.58. The van der Waals surface area contributed by atoms with Crippen LogP contribution in [0.25, 0.3) is 5.70 Å². The highest BCUT2D eigenvalue weighted by molar-refractivity contribution is 7.88. The molecule has 2 aliphatic heterocycles. The zero-order valence-corrected chi connectivity index (χ0v) is 15.3. The summed E-state index contributed by atoms with van der Waals surface area (Å²) in [4.78, 5) is 13.2. The van der Waals surface area contributed by atoms with Crippen molar-refractivity contribution in [1.29, 1.82) is 0 Å². The fourth-order valence-electron chi connectivity index (χ4n) is 3.99. The Hall–Kier alpha value is -2.49. The van der Waals surface area contributed by atoms with Crippen molar-refractivity contribution in [3.05, 3.63) is 47.2 Å². The van der Waals surface area contributed by atoms with Crippen molar-refractivity contribution in [1.82, 2.24) is 4.90 Å². The van der Waals surface area contributed by atoms with Crippen LogP contribution in [0.2, 0.25) is 0 Å². The third-order valence-electron chi connectivity index (χ3n) is 5.48. The molecular formula is C18H15F3NO5S-. The maximum Gasteiger partial charge on any atom is 0.534 e. The van der Waals surface area contributed by atoms with Crippen LogP contribution in [0.15, 0.2) is 36.0 Å². The minimum atomic E-state index is -5.74. The molecule has 0 saturated heterocycles. The van der Waals surface area contributed by atoms with Crippen molar-refractivity contribution < 1.29 is 35.7 Å². The zero-order chi connectivity index (χ0) is 20.3. The number of hydrogen-bond donors (Lipinski definition) is 0. The normalized spacial score (nSPS) is 20.5. The van der Waals surface area contributed by atoms with Gasteiger partial charge >= 0.3 is 15.6 Å². The van der Waals surface area contributed by atoms with Gasteiger partial charge in [-0.05, 0) is 61.4 Å². The molecule has 0 amide bonds. The molecule has 4 rings (SSSR count). The maximum absolute atomic E-state index is 12.6. The van der Waals surface area contributed by atoms with Crippen LogP contribution in [-0.2, 0) is 21.3 Å². The Bertz CT molecular complexity index is 1020. The second kappa shape index (κ2) is 6.00. The van der Waals surface area contributed by atoms with E-state index < -0.39 is 27.3 Å². The number of hydrogen-bond acceptors (Lipinski definition) is 6. The van der Waals surface area contributed by atoms with Gasteiger partial charge < -0.3 is 19.0 Å². The number of carboxylic acids is 1. The van der Waals surface area contributed by atoms with Crippen LogP contribution < -0.4 is 9.29 Å². The van der Waals surface area contributed by atoms with Crippen LogP contribution in [0.4, 0.5) is 13.2 Å². The van der Waals surface area contributed by atoms with Crippen molar-refractivity contribution in [2.75, 3.05) is 0 Å². The van der Waals surface area contributed by atoms with Crippen molar-refractivity contribution in [3.8, 4) is 5.75 Å². The summed E-state index contributed by atoms with van der Waals surface area (Å²) in [7, 11) is -5.74. The van der Waals surface area contributed by atoms with E-state index in [4.69, 9.17) is 0 Å². The van der Waals surface area contributed by atoms with E-state index in [9.17, 15) is 31.5 Å². The van der Waals surface area contributed by atoms with E-state index in [0.29, 0.717) is 17.5 Å². The Morgan fingerprint density at radius 3 is 2.54 bits per heavy atom. The monoisotopic (exact) mass is 414 g/mol. The summed E-state index contributed by atoms with van der Waals surface area (Å²) in [5, 5.41) is 11.2. The Kier molecular flexibility index (Phi) is 4.04. The summed E-state index contributed by atoms with van der Waals surface area (Å²) in [6.07, 6.45) is 6.44. The molecule has 10 heteroatoms. The van der Waals surface area contributed by atoms with Gasteiger partial charge in [-0.25, -0.2) is 0 Å². The zero-order valence-electron chi connectivity index (χ0n) is 14.5. The summed E-state index contributed by atoms with van der Waals surface area (Å²) < 4.78 is 64.5. The minimum absolute atomic E-state index is 0.162. The Labute approximate surface area is 159 Å². The van der Waals surface area contributed by atoms with Crippen molar-refractivity contribution in [3.63, 3.8) is 0 Å². The lowest BCUT2D eigenvalue weighted by molar-refractivity contribution is -0.299. The van der Waals surface area contributed by atoms with E-state index in [0.717, 1.165) is 31.0 Å². The number of fused-ring (bicyclic) bond motifs is 4. The number of carboxylic acid groups (broad SMARTS) is 1. The van der Waals surface area contributed by atoms with Gasteiger partial charge in [0.25, 0.3) is 0 Å². The van der Waals surface area contributed by atoms with Gasteiger partial charge in [0.05, 0.1) is 5.97 Å². The highest BCUT2D eigenvalue weighted by Gasteiger charge is 2.49. The van der Waals surface area contributed by atoms with E-state index in [1.54, 1.807) is 12.3 Å². The van der Waals surface area contributed by atoms with Crippen LogP contribution in [0, 0.1) is 0 Å². The Morgan fingerprint density at radius 2 is 1.96 bits per heavy atom. The maximum atomic E-state index is 12.6. The molecule has 28 heavy (non-hydrogen) atoms. The van der Waals surface area contributed by atoms with Crippen molar-refractivity contribution in [2.24, 2.45) is 0 Å². The lowest BCUT2D eigenvalue weighted by atomic mass is 9.67. The quantitative estimate of drug-likeness (QED) is 0.556. The summed E-state index contributed by atoms with van der Waals surface area (Å²) in [6.45, 7) is 0. The molecule has 1 spiro atoms. The van der Waals surface area contributed by atoms with Crippen LogP contribution in [0.3, 0.4) is 0 Å². The second-order valence-corrected chi connectivity index (χ2v) is 8.70. The van der Waals surface area contributed by atoms with E-state index in [2.05, 4.69) is 4.18 Å². The summed E-state index contributed by atoms with van der Waals surface area (Å²) in [6, 6.07) is 3.98. The van der Waals surface area contributed by atoms with Gasteiger partial charge in [0.2, 0.25) is 0 Å². The first-order valence-electron chi connectivity index (χ1n) is 8.58. The standard InChI is InChI=1S/C18H16F3NO5S/c19-18(20,21)28(25,26)27-13-3-4-14-12(8-13)9-17(6-1-7-17)22-10-11(16(23)24)2-5-15(14)22/h3-5,8,10H,1-2,6-7,9H2,(H,23,24)/p-1. The molecule has 1 saturated carbocycles. The average Bonchev–Trinajstić information content (AvgIpc) is 2.57. The van der Waals surface area contributed by atoms with Gasteiger partial charge in [-0.1, -0.05) is 6.08 Å². The van der Waals surface area contributed by atoms with Gasteiger partial charge in [0.1, 0.15) is 5.75 Å². The summed E-state index contributed by atoms with van der Waals surface area (Å²) >= 11 is 0. The van der Waals surface area contributed by atoms with Crippen LogP contribution in [-0.4, -0.2) is 30.3 Å². The molecular weight excluding hydrogens is 399 g/mol. The molecule has 1 aliphatic carbocycles. The number of nitrogens with zero attached hydrogens (tertiary/aromatic N) is 1. The molecule has 1 aromatic carbocycles. The number of rotatable bonds is 3. The highest BCUT2D eigenvalue weighted by atomic mass is 32.2. The van der Waals surface area contributed by atoms with Gasteiger partial charge in [-0.3, -0.25) is 0 Å². The van der Waals surface area contributed by atoms with E-state index in [-0.39, 0.29) is 17.5 Å². The lowest BCUT2D eigenvalue weighted by Gasteiger charge is -2.55. The minimum Gasteiger partial charge on any atom is -0.545 e. The van der Waals surface area contributed by atoms with Gasteiger partial charge in [-0.15, -0.1) is 0 Å². The predicted octanol–water partition coefficient (Wildman–Crippen LogP) is 2.07. The smallest absolute Gasteiger partial charge is 0.534 e. The third kappa shape index (κ3) is 2.86. The molecule has 2 heterocycles. The van der Waals surface area contributed by atoms with E-state index in [1.165, 1.54) is 12.1 Å². The van der Waals surface area contributed by atoms with Crippen LogP contribution in [0.5, 0.6) is 5.75 Å². The Balaban J connectivity index is 1.73. The number of allylic oxidation sites excluding steroid dienone is 1. The van der Waals surface area contributed by atoms with Crippen LogP contribution >= 0.6 is 0 Å². The fraction of sp³-hybridized carbons (Fsp3) is 0.389. The molecule has 150 valence electrons. The highest BCUT2D eigenvalue weighted by Crippen LogP contribution is 2.51. The second-order valence-electron chi connectivity index (χ2n) is 7.16. The Morgan fingerprint density at radius 1 is 1.25 bits per heavy atom.